The summed E-state index contributed by atoms with van der Waals surface area (Å²) in [6.07, 6.45) is 0. The van der Waals surface area contributed by atoms with Crippen LogP contribution in [0.3, 0.4) is 0 Å². The zero-order chi connectivity index (χ0) is 10.6. The number of benzene rings is 1. The molecule has 0 saturated heterocycles. The van der Waals surface area contributed by atoms with Crippen LogP contribution < -0.4 is 5.32 Å². The number of nitrogens with zero attached hydrogens (tertiary/aromatic N) is 3. The Kier molecular flexibility index (Phi) is 3.09. The van der Waals surface area contributed by atoms with Gasteiger partial charge >= 0.3 is 0 Å². The summed E-state index contributed by atoms with van der Waals surface area (Å²) in [5, 5.41) is 6.12. The van der Waals surface area contributed by atoms with Crippen LogP contribution in [-0.4, -0.2) is 5.91 Å². The van der Waals surface area contributed by atoms with Crippen LogP contribution in [0.15, 0.2) is 23.3 Å². The first-order chi connectivity index (χ1) is 6.63. The minimum absolute atomic E-state index is 0.121. The van der Waals surface area contributed by atoms with Gasteiger partial charge in [-0.15, -0.1) is 0 Å². The zero-order valence-corrected chi connectivity index (χ0v) is 7.98. The van der Waals surface area contributed by atoms with Crippen LogP contribution in [0.2, 0.25) is 0 Å². The van der Waals surface area contributed by atoms with Crippen LogP contribution in [0.5, 0.6) is 0 Å². The van der Waals surface area contributed by atoms with Gasteiger partial charge in [-0.3, -0.25) is 4.79 Å². The highest BCUT2D eigenvalue weighted by Gasteiger charge is 2.00. The molecule has 1 aromatic carbocycles. The van der Waals surface area contributed by atoms with Crippen molar-refractivity contribution in [3.63, 3.8) is 0 Å². The molecule has 5 nitrogen and oxygen atoms in total. The van der Waals surface area contributed by atoms with Crippen molar-refractivity contribution < 1.29 is 4.79 Å². The predicted octanol–water partition coefficient (Wildman–Crippen LogP) is 2.90. The van der Waals surface area contributed by atoms with Crippen LogP contribution >= 0.6 is 0 Å². The third-order valence-electron chi connectivity index (χ3n) is 1.68. The van der Waals surface area contributed by atoms with Gasteiger partial charge in [0, 0.05) is 23.2 Å². The standard InChI is InChI=1S/C9H10N4O/c1-6-5-8(12-13-10)3-4-9(6)11-7(2)14/h3-5H,1-2H3,(H,11,14). The molecule has 0 aliphatic carbocycles. The summed E-state index contributed by atoms with van der Waals surface area (Å²) in [5.74, 6) is -0.121. The monoisotopic (exact) mass is 190 g/mol. The third kappa shape index (κ3) is 2.50. The molecule has 0 aromatic heterocycles. The van der Waals surface area contributed by atoms with E-state index in [1.54, 1.807) is 18.2 Å². The molecule has 0 aliphatic rings. The van der Waals surface area contributed by atoms with Gasteiger partial charge in [-0.2, -0.15) is 0 Å². The number of carbonyl (C=O) groups is 1. The van der Waals surface area contributed by atoms with E-state index >= 15 is 0 Å². The molecule has 5 heteroatoms. The lowest BCUT2D eigenvalue weighted by atomic mass is 10.2. The topological polar surface area (TPSA) is 77.9 Å². The van der Waals surface area contributed by atoms with E-state index < -0.39 is 0 Å². The molecular formula is C9H10N4O. The fraction of sp³-hybridized carbons (Fsp3) is 0.222. The smallest absolute Gasteiger partial charge is 0.221 e. The largest absolute Gasteiger partial charge is 0.326 e. The van der Waals surface area contributed by atoms with Crippen molar-refractivity contribution >= 4 is 17.3 Å². The summed E-state index contributed by atoms with van der Waals surface area (Å²) in [5.41, 5.74) is 10.4. The lowest BCUT2D eigenvalue weighted by molar-refractivity contribution is -0.114. The number of aryl methyl sites for hydroxylation is 1. The Morgan fingerprint density at radius 2 is 2.29 bits per heavy atom. The highest BCUT2D eigenvalue weighted by molar-refractivity contribution is 5.89. The molecular weight excluding hydrogens is 180 g/mol. The summed E-state index contributed by atoms with van der Waals surface area (Å²) < 4.78 is 0. The summed E-state index contributed by atoms with van der Waals surface area (Å²) in [7, 11) is 0. The van der Waals surface area contributed by atoms with Gasteiger partial charge in [0.05, 0.1) is 0 Å². The Hall–Kier alpha value is -2.00. The van der Waals surface area contributed by atoms with Gasteiger partial charge in [0.2, 0.25) is 5.91 Å². The van der Waals surface area contributed by atoms with E-state index in [0.29, 0.717) is 5.69 Å². The number of rotatable bonds is 2. The first-order valence-corrected chi connectivity index (χ1v) is 4.07. The molecule has 0 spiro atoms. The first-order valence-electron chi connectivity index (χ1n) is 4.07. The van der Waals surface area contributed by atoms with Gasteiger partial charge < -0.3 is 5.32 Å². The van der Waals surface area contributed by atoms with E-state index in [4.69, 9.17) is 5.53 Å². The van der Waals surface area contributed by atoms with Crippen LogP contribution in [0, 0.1) is 6.92 Å². The highest BCUT2D eigenvalue weighted by atomic mass is 16.1. The lowest BCUT2D eigenvalue weighted by Crippen LogP contribution is -2.06. The summed E-state index contributed by atoms with van der Waals surface area (Å²) in [4.78, 5) is 13.5. The van der Waals surface area contributed by atoms with E-state index in [1.165, 1.54) is 6.92 Å². The van der Waals surface area contributed by atoms with Gasteiger partial charge in [0.25, 0.3) is 0 Å². The SMILES string of the molecule is CC(=O)Nc1ccc(N=[N+]=[N-])cc1C. The Labute approximate surface area is 81.4 Å². The summed E-state index contributed by atoms with van der Waals surface area (Å²) in [6, 6.07) is 5.07. The van der Waals surface area contributed by atoms with E-state index in [9.17, 15) is 4.79 Å². The van der Waals surface area contributed by atoms with Gasteiger partial charge in [0.15, 0.2) is 0 Å². The minimum atomic E-state index is -0.121. The van der Waals surface area contributed by atoms with E-state index in [2.05, 4.69) is 15.3 Å². The third-order valence-corrected chi connectivity index (χ3v) is 1.68. The molecule has 1 aromatic rings. The molecule has 0 heterocycles. The lowest BCUT2D eigenvalue weighted by Gasteiger charge is -2.06. The molecule has 1 rings (SSSR count). The maximum Gasteiger partial charge on any atom is 0.221 e. The molecule has 14 heavy (non-hydrogen) atoms. The minimum Gasteiger partial charge on any atom is -0.326 e. The van der Waals surface area contributed by atoms with Crippen molar-refractivity contribution in [1.82, 2.24) is 0 Å². The second-order valence-corrected chi connectivity index (χ2v) is 2.87. The number of nitrogens with one attached hydrogen (secondary N) is 1. The number of anilines is 1. The second kappa shape index (κ2) is 4.30. The van der Waals surface area contributed by atoms with Crippen molar-refractivity contribution in [1.29, 1.82) is 0 Å². The van der Waals surface area contributed by atoms with Gasteiger partial charge in [-0.1, -0.05) is 11.2 Å². The second-order valence-electron chi connectivity index (χ2n) is 2.87. The van der Waals surface area contributed by atoms with Gasteiger partial charge in [0.1, 0.15) is 0 Å². The average Bonchev–Trinajstić information content (AvgIpc) is 2.10. The van der Waals surface area contributed by atoms with Crippen LogP contribution in [0.1, 0.15) is 12.5 Å². The van der Waals surface area contributed by atoms with E-state index in [-0.39, 0.29) is 5.91 Å². The highest BCUT2D eigenvalue weighted by Crippen LogP contribution is 2.21. The Morgan fingerprint density at radius 3 is 2.79 bits per heavy atom. The van der Waals surface area contributed by atoms with Gasteiger partial charge in [-0.05, 0) is 30.2 Å². The average molecular weight is 190 g/mol. The molecule has 72 valence electrons. The maximum absolute atomic E-state index is 10.8. The number of azide groups is 1. The Balaban J connectivity index is 3.00. The maximum atomic E-state index is 10.8. The van der Waals surface area contributed by atoms with Crippen molar-refractivity contribution in [3.8, 4) is 0 Å². The number of hydrogen-bond donors (Lipinski definition) is 1. The van der Waals surface area contributed by atoms with Crippen molar-refractivity contribution in [2.75, 3.05) is 5.32 Å². The molecule has 0 radical (unpaired) electrons. The molecule has 0 fully saturated rings. The van der Waals surface area contributed by atoms with E-state index in [0.717, 1.165) is 11.3 Å². The first kappa shape index (κ1) is 10.1. The molecule has 0 bridgehead atoms. The molecule has 0 aliphatic heterocycles. The van der Waals surface area contributed by atoms with E-state index in [1.807, 2.05) is 6.92 Å². The van der Waals surface area contributed by atoms with Gasteiger partial charge in [-0.25, -0.2) is 0 Å². The molecule has 1 amide bonds. The van der Waals surface area contributed by atoms with Crippen molar-refractivity contribution in [2.24, 2.45) is 5.11 Å². The summed E-state index contributed by atoms with van der Waals surface area (Å²) in [6.45, 7) is 3.28. The fourth-order valence-corrected chi connectivity index (χ4v) is 1.09. The Bertz CT molecular complexity index is 407. The van der Waals surface area contributed by atoms with Crippen molar-refractivity contribution in [2.45, 2.75) is 13.8 Å². The molecule has 0 atom stereocenters. The quantitative estimate of drug-likeness (QED) is 0.434. The van der Waals surface area contributed by atoms with Crippen LogP contribution in [-0.2, 0) is 4.79 Å². The van der Waals surface area contributed by atoms with Crippen LogP contribution in [0.4, 0.5) is 11.4 Å². The molecule has 1 N–H and O–H groups in total. The molecule has 0 saturated carbocycles. The number of amides is 1. The fourth-order valence-electron chi connectivity index (χ4n) is 1.09. The van der Waals surface area contributed by atoms with Crippen LogP contribution in [0.25, 0.3) is 10.4 Å². The van der Waals surface area contributed by atoms with Crippen molar-refractivity contribution in [3.05, 3.63) is 34.2 Å². The Morgan fingerprint density at radius 1 is 1.57 bits per heavy atom. The summed E-state index contributed by atoms with van der Waals surface area (Å²) >= 11 is 0. The zero-order valence-electron chi connectivity index (χ0n) is 7.98. The predicted molar refractivity (Wildman–Crippen MR) is 54.3 cm³/mol. The number of carbonyl (C=O) groups excluding carboxylic acids is 1. The number of hydrogen-bond acceptors (Lipinski definition) is 2. The normalized spacial score (nSPS) is 9.00. The molecule has 0 unspecified atom stereocenters.